The topological polar surface area (TPSA) is 65.8 Å². The molecular weight excluding hydrogens is 369 g/mol. The lowest BCUT2D eigenvalue weighted by Crippen LogP contribution is -2.23. The number of benzene rings is 2. The van der Waals surface area contributed by atoms with Gasteiger partial charge in [0, 0.05) is 28.4 Å². The van der Waals surface area contributed by atoms with Gasteiger partial charge in [0.1, 0.15) is 0 Å². The Bertz CT molecular complexity index is 977. The quantitative estimate of drug-likeness (QED) is 0.701. The van der Waals surface area contributed by atoms with E-state index >= 15 is 0 Å². The van der Waals surface area contributed by atoms with E-state index in [1.807, 2.05) is 18.2 Å². The predicted octanol–water partition coefficient (Wildman–Crippen LogP) is 4.86. The van der Waals surface area contributed by atoms with Crippen LogP contribution in [0, 0.1) is 11.3 Å². The van der Waals surface area contributed by atoms with Crippen LogP contribution in [0.2, 0.25) is 10.0 Å². The summed E-state index contributed by atoms with van der Waals surface area (Å²) in [4.78, 5) is 16.6. The van der Waals surface area contributed by atoms with Crippen molar-refractivity contribution in [2.24, 2.45) is 0 Å². The predicted molar refractivity (Wildman–Crippen MR) is 102 cm³/mol. The third-order valence-corrected chi connectivity index (χ3v) is 4.39. The molecule has 3 aromatic rings. The Morgan fingerprint density at radius 2 is 1.85 bits per heavy atom. The summed E-state index contributed by atoms with van der Waals surface area (Å²) in [6.45, 7) is 0.266. The molecule has 0 aliphatic rings. The summed E-state index contributed by atoms with van der Waals surface area (Å²) in [7, 11) is 0. The van der Waals surface area contributed by atoms with Crippen molar-refractivity contribution in [2.45, 2.75) is 6.54 Å². The molecular formula is C20H13Cl2N3O. The molecule has 1 amide bonds. The van der Waals surface area contributed by atoms with E-state index in [4.69, 9.17) is 28.5 Å². The lowest BCUT2D eigenvalue weighted by Gasteiger charge is -2.08. The summed E-state index contributed by atoms with van der Waals surface area (Å²) in [6.07, 6.45) is 1.53. The van der Waals surface area contributed by atoms with Gasteiger partial charge in [-0.2, -0.15) is 5.26 Å². The fraction of sp³-hybridized carbons (Fsp3) is 0.0500. The Hall–Kier alpha value is -2.87. The second-order valence-electron chi connectivity index (χ2n) is 5.54. The summed E-state index contributed by atoms with van der Waals surface area (Å²) in [5.74, 6) is -0.249. The Morgan fingerprint density at radius 1 is 1.08 bits per heavy atom. The molecule has 1 heterocycles. The minimum absolute atomic E-state index is 0.249. The van der Waals surface area contributed by atoms with Gasteiger partial charge in [0.15, 0.2) is 0 Å². The second kappa shape index (κ2) is 8.01. The van der Waals surface area contributed by atoms with Crippen LogP contribution in [-0.2, 0) is 6.54 Å². The van der Waals surface area contributed by atoms with E-state index in [2.05, 4.69) is 10.3 Å². The van der Waals surface area contributed by atoms with Crippen LogP contribution >= 0.6 is 23.2 Å². The molecule has 0 saturated carbocycles. The normalized spacial score (nSPS) is 10.2. The number of pyridine rings is 1. The van der Waals surface area contributed by atoms with Crippen molar-refractivity contribution in [3.8, 4) is 17.3 Å². The van der Waals surface area contributed by atoms with Gasteiger partial charge in [0.05, 0.1) is 22.9 Å². The molecule has 1 aromatic heterocycles. The number of hydrogen-bond acceptors (Lipinski definition) is 3. The van der Waals surface area contributed by atoms with Gasteiger partial charge >= 0.3 is 0 Å². The molecule has 0 saturated heterocycles. The zero-order valence-electron chi connectivity index (χ0n) is 13.5. The van der Waals surface area contributed by atoms with Gasteiger partial charge in [-0.05, 0) is 42.0 Å². The molecule has 2 aromatic carbocycles. The van der Waals surface area contributed by atoms with Crippen molar-refractivity contribution in [2.75, 3.05) is 0 Å². The zero-order valence-corrected chi connectivity index (χ0v) is 15.1. The summed E-state index contributed by atoms with van der Waals surface area (Å²) in [6, 6.07) is 17.8. The second-order valence-corrected chi connectivity index (χ2v) is 6.38. The monoisotopic (exact) mass is 381 g/mol. The first-order valence-corrected chi connectivity index (χ1v) is 8.51. The number of amides is 1. The number of carbonyl (C=O) groups excluding carboxylic acids is 1. The van der Waals surface area contributed by atoms with Crippen molar-refractivity contribution in [1.82, 2.24) is 10.3 Å². The third-order valence-electron chi connectivity index (χ3n) is 3.79. The Morgan fingerprint density at radius 3 is 2.46 bits per heavy atom. The van der Waals surface area contributed by atoms with Gasteiger partial charge in [0.25, 0.3) is 5.91 Å². The fourth-order valence-corrected chi connectivity index (χ4v) is 2.73. The van der Waals surface area contributed by atoms with Crippen LogP contribution in [0.15, 0.2) is 60.8 Å². The molecule has 128 valence electrons. The first-order chi connectivity index (χ1) is 12.6. The third kappa shape index (κ3) is 4.20. The molecule has 0 radical (unpaired) electrons. The van der Waals surface area contributed by atoms with E-state index in [-0.39, 0.29) is 12.5 Å². The highest BCUT2D eigenvalue weighted by Gasteiger charge is 2.09. The van der Waals surface area contributed by atoms with Crippen LogP contribution < -0.4 is 5.32 Å². The van der Waals surface area contributed by atoms with Crippen LogP contribution in [0.4, 0.5) is 0 Å². The fourth-order valence-electron chi connectivity index (χ4n) is 2.36. The zero-order chi connectivity index (χ0) is 18.5. The molecule has 0 aliphatic heterocycles. The number of nitriles is 1. The lowest BCUT2D eigenvalue weighted by molar-refractivity contribution is 0.0950. The highest BCUT2D eigenvalue weighted by atomic mass is 35.5. The largest absolute Gasteiger partial charge is 0.348 e. The van der Waals surface area contributed by atoms with Crippen molar-refractivity contribution in [3.05, 3.63) is 87.5 Å². The SMILES string of the molecule is N#Cc1ccc(CNC(=O)c2ccc(-c3ccc(Cl)cc3)nc2)c(Cl)c1. The van der Waals surface area contributed by atoms with Crippen molar-refractivity contribution in [3.63, 3.8) is 0 Å². The average Bonchev–Trinajstić information content (AvgIpc) is 2.67. The molecule has 0 unspecified atom stereocenters. The highest BCUT2D eigenvalue weighted by Crippen LogP contribution is 2.20. The van der Waals surface area contributed by atoms with E-state index in [0.717, 1.165) is 16.8 Å². The number of halogens is 2. The van der Waals surface area contributed by atoms with Crippen molar-refractivity contribution in [1.29, 1.82) is 5.26 Å². The highest BCUT2D eigenvalue weighted by molar-refractivity contribution is 6.31. The van der Waals surface area contributed by atoms with E-state index in [9.17, 15) is 4.79 Å². The first-order valence-electron chi connectivity index (χ1n) is 7.75. The Labute approximate surface area is 161 Å². The smallest absolute Gasteiger partial charge is 0.253 e. The summed E-state index contributed by atoms with van der Waals surface area (Å²) >= 11 is 12.0. The van der Waals surface area contributed by atoms with Gasteiger partial charge in [0.2, 0.25) is 0 Å². The number of carbonyl (C=O) groups is 1. The number of aromatic nitrogens is 1. The van der Waals surface area contributed by atoms with Gasteiger partial charge in [-0.3, -0.25) is 9.78 Å². The maximum Gasteiger partial charge on any atom is 0.253 e. The molecule has 1 N–H and O–H groups in total. The van der Waals surface area contributed by atoms with E-state index in [1.165, 1.54) is 6.20 Å². The van der Waals surface area contributed by atoms with Crippen molar-refractivity contribution >= 4 is 29.1 Å². The van der Waals surface area contributed by atoms with E-state index in [1.54, 1.807) is 42.5 Å². The van der Waals surface area contributed by atoms with Crippen LogP contribution in [0.1, 0.15) is 21.5 Å². The van der Waals surface area contributed by atoms with Gasteiger partial charge in [-0.1, -0.05) is 41.4 Å². The van der Waals surface area contributed by atoms with Crippen LogP contribution in [0.5, 0.6) is 0 Å². The number of hydrogen-bond donors (Lipinski definition) is 1. The van der Waals surface area contributed by atoms with E-state index in [0.29, 0.717) is 21.2 Å². The molecule has 3 rings (SSSR count). The van der Waals surface area contributed by atoms with Gasteiger partial charge < -0.3 is 5.32 Å². The molecule has 6 heteroatoms. The summed E-state index contributed by atoms with van der Waals surface area (Å²) < 4.78 is 0. The molecule has 0 aliphatic carbocycles. The number of nitrogens with one attached hydrogen (secondary N) is 1. The maximum absolute atomic E-state index is 12.3. The standard InChI is InChI=1S/C20H13Cl2N3O/c21-17-6-3-14(4-7-17)19-8-5-16(12-24-19)20(26)25-11-15-2-1-13(10-23)9-18(15)22/h1-9,12H,11H2,(H,25,26). The molecule has 0 bridgehead atoms. The van der Waals surface area contributed by atoms with Crippen LogP contribution in [-0.4, -0.2) is 10.9 Å². The molecule has 26 heavy (non-hydrogen) atoms. The van der Waals surface area contributed by atoms with E-state index < -0.39 is 0 Å². The van der Waals surface area contributed by atoms with Gasteiger partial charge in [-0.15, -0.1) is 0 Å². The average molecular weight is 382 g/mol. The van der Waals surface area contributed by atoms with Crippen LogP contribution in [0.3, 0.4) is 0 Å². The van der Waals surface area contributed by atoms with Gasteiger partial charge in [-0.25, -0.2) is 0 Å². The molecule has 0 atom stereocenters. The minimum Gasteiger partial charge on any atom is -0.348 e. The van der Waals surface area contributed by atoms with Crippen molar-refractivity contribution < 1.29 is 4.79 Å². The first kappa shape index (κ1) is 17.9. The number of rotatable bonds is 4. The van der Waals surface area contributed by atoms with Crippen LogP contribution in [0.25, 0.3) is 11.3 Å². The molecule has 4 nitrogen and oxygen atoms in total. The molecule has 0 spiro atoms. The molecule has 0 fully saturated rings. The Balaban J connectivity index is 1.67. The number of nitrogens with zero attached hydrogens (tertiary/aromatic N) is 2. The minimum atomic E-state index is -0.249. The maximum atomic E-state index is 12.3. The Kier molecular flexibility index (Phi) is 5.52. The lowest BCUT2D eigenvalue weighted by atomic mass is 10.1. The summed E-state index contributed by atoms with van der Waals surface area (Å²) in [5.41, 5.74) is 3.35. The summed E-state index contributed by atoms with van der Waals surface area (Å²) in [5, 5.41) is 12.7.